The van der Waals surface area contributed by atoms with E-state index in [2.05, 4.69) is 27.4 Å². The Morgan fingerprint density at radius 2 is 2.18 bits per heavy atom. The molecule has 7 heteroatoms. The van der Waals surface area contributed by atoms with Crippen molar-refractivity contribution in [1.29, 1.82) is 0 Å². The largest absolute Gasteiger partial charge is 0.355 e. The van der Waals surface area contributed by atoms with Gasteiger partial charge in [0.2, 0.25) is 0 Å². The predicted molar refractivity (Wildman–Crippen MR) is 93.1 cm³/mol. The van der Waals surface area contributed by atoms with Gasteiger partial charge in [0.25, 0.3) is 0 Å². The first-order chi connectivity index (χ1) is 10.3. The van der Waals surface area contributed by atoms with E-state index in [1.54, 1.807) is 7.05 Å². The molecule has 0 bridgehead atoms. The molecule has 0 amide bonds. The van der Waals surface area contributed by atoms with Crippen LogP contribution in [0.25, 0.3) is 0 Å². The third-order valence-electron chi connectivity index (χ3n) is 3.99. The van der Waals surface area contributed by atoms with Crippen LogP contribution in [0.15, 0.2) is 4.99 Å². The zero-order valence-electron chi connectivity index (χ0n) is 14.4. The van der Waals surface area contributed by atoms with E-state index in [0.29, 0.717) is 6.42 Å². The summed E-state index contributed by atoms with van der Waals surface area (Å²) in [6.07, 6.45) is 4.48. The Morgan fingerprint density at radius 1 is 1.45 bits per heavy atom. The number of likely N-dealkylation sites (tertiary alicyclic amines) is 1. The van der Waals surface area contributed by atoms with Gasteiger partial charge in [0.1, 0.15) is 9.84 Å². The van der Waals surface area contributed by atoms with Crippen LogP contribution in [-0.2, 0) is 9.84 Å². The molecular weight excluding hydrogens is 300 g/mol. The molecule has 0 spiro atoms. The molecule has 2 atom stereocenters. The Labute approximate surface area is 135 Å². The first-order valence-electron chi connectivity index (χ1n) is 8.17. The number of sulfone groups is 1. The van der Waals surface area contributed by atoms with Crippen molar-refractivity contribution < 1.29 is 8.42 Å². The molecule has 22 heavy (non-hydrogen) atoms. The smallest absolute Gasteiger partial charge is 0.191 e. The van der Waals surface area contributed by atoms with Crippen molar-refractivity contribution >= 4 is 15.8 Å². The second-order valence-corrected chi connectivity index (χ2v) is 8.77. The van der Waals surface area contributed by atoms with Crippen LogP contribution >= 0.6 is 0 Å². The Morgan fingerprint density at radius 3 is 2.77 bits per heavy atom. The van der Waals surface area contributed by atoms with Crippen molar-refractivity contribution in [2.75, 3.05) is 45.2 Å². The number of hydrogen-bond donors (Lipinski definition) is 2. The molecule has 2 unspecified atom stereocenters. The summed E-state index contributed by atoms with van der Waals surface area (Å²) in [7, 11) is -1.17. The topological polar surface area (TPSA) is 73.8 Å². The minimum atomic E-state index is -2.91. The van der Waals surface area contributed by atoms with Gasteiger partial charge in [0, 0.05) is 39.0 Å². The highest BCUT2D eigenvalue weighted by molar-refractivity contribution is 7.90. The molecule has 0 radical (unpaired) electrons. The van der Waals surface area contributed by atoms with E-state index in [-0.39, 0.29) is 11.8 Å². The zero-order chi connectivity index (χ0) is 16.6. The molecule has 1 rings (SSSR count). The second-order valence-electron chi connectivity index (χ2n) is 6.51. The average molecular weight is 333 g/mol. The van der Waals surface area contributed by atoms with Gasteiger partial charge in [-0.1, -0.05) is 6.92 Å². The molecule has 1 heterocycles. The molecule has 0 saturated carbocycles. The molecule has 1 saturated heterocycles. The quantitative estimate of drug-likeness (QED) is 0.530. The van der Waals surface area contributed by atoms with Gasteiger partial charge < -0.3 is 15.5 Å². The van der Waals surface area contributed by atoms with Gasteiger partial charge in [-0.25, -0.2) is 8.42 Å². The highest BCUT2D eigenvalue weighted by atomic mass is 32.2. The van der Waals surface area contributed by atoms with Gasteiger partial charge >= 0.3 is 0 Å². The maximum Gasteiger partial charge on any atom is 0.191 e. The van der Waals surface area contributed by atoms with Crippen molar-refractivity contribution in [3.05, 3.63) is 0 Å². The maximum atomic E-state index is 11.2. The third kappa shape index (κ3) is 8.58. The number of piperidine rings is 1. The standard InChI is InChI=1S/C15H32N4O2S/c1-13-6-5-9-19(12-13)10-8-17-15(16-3)18-14(2)7-11-22(4,20)21/h13-14H,5-12H2,1-4H3,(H2,16,17,18). The molecule has 0 aromatic carbocycles. The summed E-state index contributed by atoms with van der Waals surface area (Å²) in [5.74, 6) is 1.73. The number of hydrogen-bond acceptors (Lipinski definition) is 4. The minimum Gasteiger partial charge on any atom is -0.355 e. The monoisotopic (exact) mass is 332 g/mol. The van der Waals surface area contributed by atoms with Gasteiger partial charge in [-0.15, -0.1) is 0 Å². The number of aliphatic imine (C=N–C) groups is 1. The van der Waals surface area contributed by atoms with E-state index in [9.17, 15) is 8.42 Å². The summed E-state index contributed by atoms with van der Waals surface area (Å²) in [6, 6.07) is 0.0796. The summed E-state index contributed by atoms with van der Waals surface area (Å²) >= 11 is 0. The first kappa shape index (κ1) is 19.2. The van der Waals surface area contributed by atoms with Crippen molar-refractivity contribution in [2.24, 2.45) is 10.9 Å². The van der Waals surface area contributed by atoms with Gasteiger partial charge in [0.15, 0.2) is 5.96 Å². The molecule has 1 fully saturated rings. The fourth-order valence-electron chi connectivity index (χ4n) is 2.71. The summed E-state index contributed by atoms with van der Waals surface area (Å²) in [5, 5.41) is 6.55. The van der Waals surface area contributed by atoms with Crippen molar-refractivity contribution in [3.63, 3.8) is 0 Å². The Balaban J connectivity index is 2.24. The predicted octanol–water partition coefficient (Wildman–Crippen LogP) is 0.707. The fraction of sp³-hybridized carbons (Fsp3) is 0.933. The van der Waals surface area contributed by atoms with Crippen LogP contribution in [0.5, 0.6) is 0 Å². The first-order valence-corrected chi connectivity index (χ1v) is 10.2. The second kappa shape index (κ2) is 9.35. The molecule has 0 aromatic rings. The van der Waals surface area contributed by atoms with E-state index in [0.717, 1.165) is 25.0 Å². The highest BCUT2D eigenvalue weighted by Gasteiger charge is 2.15. The molecule has 6 nitrogen and oxygen atoms in total. The molecule has 1 aliphatic rings. The summed E-state index contributed by atoms with van der Waals surface area (Å²) in [6.45, 7) is 8.52. The van der Waals surface area contributed by atoms with Crippen LogP contribution in [0, 0.1) is 5.92 Å². The number of rotatable bonds is 7. The Bertz CT molecular complexity index is 450. The Kier molecular flexibility index (Phi) is 8.17. The van der Waals surface area contributed by atoms with Gasteiger partial charge in [-0.2, -0.15) is 0 Å². The fourth-order valence-corrected chi connectivity index (χ4v) is 3.49. The number of guanidine groups is 1. The number of nitrogens with zero attached hydrogens (tertiary/aromatic N) is 2. The summed E-state index contributed by atoms with van der Waals surface area (Å²) < 4.78 is 22.4. The normalized spacial score (nSPS) is 22.4. The molecule has 130 valence electrons. The lowest BCUT2D eigenvalue weighted by Gasteiger charge is -2.31. The zero-order valence-corrected chi connectivity index (χ0v) is 15.2. The highest BCUT2D eigenvalue weighted by Crippen LogP contribution is 2.14. The van der Waals surface area contributed by atoms with Crippen LogP contribution in [0.1, 0.15) is 33.1 Å². The van der Waals surface area contributed by atoms with E-state index in [4.69, 9.17) is 0 Å². The molecule has 2 N–H and O–H groups in total. The van der Waals surface area contributed by atoms with Crippen molar-refractivity contribution in [1.82, 2.24) is 15.5 Å². The van der Waals surface area contributed by atoms with Crippen LogP contribution in [0.4, 0.5) is 0 Å². The molecule has 0 aromatic heterocycles. The minimum absolute atomic E-state index is 0.0796. The average Bonchev–Trinajstić information content (AvgIpc) is 2.43. The lowest BCUT2D eigenvalue weighted by molar-refractivity contribution is 0.187. The van der Waals surface area contributed by atoms with Crippen LogP contribution in [0.3, 0.4) is 0 Å². The van der Waals surface area contributed by atoms with E-state index < -0.39 is 9.84 Å². The molecular formula is C15H32N4O2S. The van der Waals surface area contributed by atoms with E-state index >= 15 is 0 Å². The van der Waals surface area contributed by atoms with Gasteiger partial charge in [-0.3, -0.25) is 4.99 Å². The van der Waals surface area contributed by atoms with Crippen LogP contribution in [0.2, 0.25) is 0 Å². The van der Waals surface area contributed by atoms with Gasteiger partial charge in [0.05, 0.1) is 5.75 Å². The maximum absolute atomic E-state index is 11.2. The summed E-state index contributed by atoms with van der Waals surface area (Å²) in [4.78, 5) is 6.68. The third-order valence-corrected chi connectivity index (χ3v) is 4.97. The lowest BCUT2D eigenvalue weighted by atomic mass is 10.0. The van der Waals surface area contributed by atoms with Gasteiger partial charge in [-0.05, 0) is 38.6 Å². The van der Waals surface area contributed by atoms with Crippen LogP contribution < -0.4 is 10.6 Å². The van der Waals surface area contributed by atoms with Crippen LogP contribution in [-0.4, -0.2) is 70.6 Å². The van der Waals surface area contributed by atoms with E-state index in [1.165, 1.54) is 32.2 Å². The molecule has 0 aliphatic carbocycles. The SMILES string of the molecule is CN=C(NCCN1CCCC(C)C1)NC(C)CCS(C)(=O)=O. The van der Waals surface area contributed by atoms with Crippen molar-refractivity contribution in [2.45, 2.75) is 39.2 Å². The summed E-state index contributed by atoms with van der Waals surface area (Å²) in [5.41, 5.74) is 0. The Hall–Kier alpha value is -0.820. The number of nitrogens with one attached hydrogen (secondary N) is 2. The van der Waals surface area contributed by atoms with Crippen molar-refractivity contribution in [3.8, 4) is 0 Å². The van der Waals surface area contributed by atoms with E-state index in [1.807, 2.05) is 6.92 Å². The lowest BCUT2D eigenvalue weighted by Crippen LogP contribution is -2.46. The molecule has 1 aliphatic heterocycles.